The minimum atomic E-state index is -0.505. The number of nitrogens with zero attached hydrogens (tertiary/aromatic N) is 1. The minimum Gasteiger partial charge on any atom is -0.384 e. The zero-order chi connectivity index (χ0) is 16.9. The first-order valence-electron chi connectivity index (χ1n) is 7.17. The fraction of sp³-hybridized carbons (Fsp3) is 0.294. The number of hydrogen-bond donors (Lipinski definition) is 1. The Morgan fingerprint density at radius 3 is 2.52 bits per heavy atom. The van der Waals surface area contributed by atoms with Gasteiger partial charge in [-0.2, -0.15) is 0 Å². The van der Waals surface area contributed by atoms with Gasteiger partial charge in [-0.1, -0.05) is 44.1 Å². The first kappa shape index (κ1) is 17.6. The molecule has 0 fully saturated rings. The smallest absolute Gasteiger partial charge is 0.365 e. The Morgan fingerprint density at radius 1 is 1.26 bits per heavy atom. The third-order valence-corrected chi connectivity index (χ3v) is 5.25. The van der Waals surface area contributed by atoms with Crippen molar-refractivity contribution in [2.24, 2.45) is 10.9 Å². The Hall–Kier alpha value is -1.79. The van der Waals surface area contributed by atoms with Crippen molar-refractivity contribution in [2.75, 3.05) is 5.75 Å². The fourth-order valence-electron chi connectivity index (χ4n) is 1.78. The van der Waals surface area contributed by atoms with E-state index >= 15 is 0 Å². The van der Waals surface area contributed by atoms with Gasteiger partial charge >= 0.3 is 5.97 Å². The van der Waals surface area contributed by atoms with E-state index in [4.69, 9.17) is 10.6 Å². The van der Waals surface area contributed by atoms with Gasteiger partial charge in [0.15, 0.2) is 5.84 Å². The van der Waals surface area contributed by atoms with Crippen LogP contribution in [0.2, 0.25) is 0 Å². The third kappa shape index (κ3) is 5.41. The van der Waals surface area contributed by atoms with Crippen LogP contribution in [0.3, 0.4) is 0 Å². The third-order valence-electron chi connectivity index (χ3n) is 3.09. The van der Waals surface area contributed by atoms with E-state index in [1.807, 2.05) is 29.6 Å². The summed E-state index contributed by atoms with van der Waals surface area (Å²) >= 11 is 3.19. The summed E-state index contributed by atoms with van der Waals surface area (Å²) in [6, 6.07) is 11.3. The summed E-state index contributed by atoms with van der Waals surface area (Å²) in [4.78, 5) is 16.9. The van der Waals surface area contributed by atoms with E-state index in [1.54, 1.807) is 35.2 Å². The molecule has 0 radical (unpaired) electrons. The average Bonchev–Trinajstić information content (AvgIpc) is 3.03. The maximum atomic E-state index is 12.0. The number of thiophene rings is 1. The number of hydrogen-bond acceptors (Lipinski definition) is 5. The largest absolute Gasteiger partial charge is 0.384 e. The molecule has 23 heavy (non-hydrogen) atoms. The van der Waals surface area contributed by atoms with Crippen molar-refractivity contribution in [1.29, 1.82) is 0 Å². The fourth-order valence-corrected chi connectivity index (χ4v) is 3.36. The SMILES string of the molecule is CC(C)(C)c1ccc(C(=O)ON=C(N)CSc2cccs2)cc1. The highest BCUT2D eigenvalue weighted by Crippen LogP contribution is 2.23. The van der Waals surface area contributed by atoms with Crippen molar-refractivity contribution >= 4 is 34.9 Å². The van der Waals surface area contributed by atoms with Gasteiger partial charge in [0.1, 0.15) is 0 Å². The van der Waals surface area contributed by atoms with Crippen LogP contribution in [-0.4, -0.2) is 17.6 Å². The summed E-state index contributed by atoms with van der Waals surface area (Å²) in [7, 11) is 0. The predicted octanol–water partition coefficient (Wildman–Crippen LogP) is 4.27. The van der Waals surface area contributed by atoms with Crippen molar-refractivity contribution in [2.45, 2.75) is 30.4 Å². The number of carbonyl (C=O) groups excluding carboxylic acids is 1. The highest BCUT2D eigenvalue weighted by atomic mass is 32.2. The van der Waals surface area contributed by atoms with E-state index in [2.05, 4.69) is 25.9 Å². The van der Waals surface area contributed by atoms with Crippen molar-refractivity contribution in [3.05, 3.63) is 52.9 Å². The molecule has 0 saturated carbocycles. The summed E-state index contributed by atoms with van der Waals surface area (Å²) in [5.41, 5.74) is 7.42. The van der Waals surface area contributed by atoms with Gasteiger partial charge in [0.2, 0.25) is 0 Å². The van der Waals surface area contributed by atoms with Gasteiger partial charge in [-0.05, 0) is 34.6 Å². The molecule has 0 aliphatic carbocycles. The maximum absolute atomic E-state index is 12.0. The van der Waals surface area contributed by atoms with Crippen LogP contribution < -0.4 is 5.73 Å². The molecule has 0 aliphatic heterocycles. The quantitative estimate of drug-likeness (QED) is 0.288. The van der Waals surface area contributed by atoms with E-state index in [0.29, 0.717) is 11.3 Å². The molecule has 1 aromatic heterocycles. The number of amidine groups is 1. The molecular formula is C17H20N2O2S2. The molecule has 2 aromatic rings. The molecule has 0 unspecified atom stereocenters. The van der Waals surface area contributed by atoms with Crippen LogP contribution in [0, 0.1) is 0 Å². The van der Waals surface area contributed by atoms with Crippen molar-refractivity contribution in [3.8, 4) is 0 Å². The molecule has 0 spiro atoms. The number of carbonyl (C=O) groups is 1. The second kappa shape index (κ2) is 7.66. The van der Waals surface area contributed by atoms with Gasteiger partial charge in [-0.3, -0.25) is 0 Å². The zero-order valence-corrected chi connectivity index (χ0v) is 15.0. The van der Waals surface area contributed by atoms with Gasteiger partial charge in [0.05, 0.1) is 15.5 Å². The van der Waals surface area contributed by atoms with Crippen molar-refractivity contribution in [3.63, 3.8) is 0 Å². The number of oxime groups is 1. The molecule has 0 saturated heterocycles. The molecule has 6 heteroatoms. The standard InChI is InChI=1S/C17H20N2O2S2/c1-17(2,3)13-8-6-12(7-9-13)16(20)21-19-14(18)11-23-15-5-4-10-22-15/h4-10H,11H2,1-3H3,(H2,18,19). The second-order valence-corrected chi connectivity index (χ2v) is 8.23. The Morgan fingerprint density at radius 2 is 1.96 bits per heavy atom. The molecule has 122 valence electrons. The molecule has 4 nitrogen and oxygen atoms in total. The van der Waals surface area contributed by atoms with Gasteiger partial charge in [-0.25, -0.2) is 4.79 Å². The summed E-state index contributed by atoms with van der Waals surface area (Å²) < 4.78 is 1.15. The number of benzene rings is 1. The van der Waals surface area contributed by atoms with Gasteiger partial charge in [0.25, 0.3) is 0 Å². The summed E-state index contributed by atoms with van der Waals surface area (Å²) in [6.45, 7) is 6.36. The lowest BCUT2D eigenvalue weighted by Gasteiger charge is -2.18. The van der Waals surface area contributed by atoms with Crippen LogP contribution in [0.1, 0.15) is 36.7 Å². The molecule has 0 aliphatic rings. The molecule has 0 amide bonds. The van der Waals surface area contributed by atoms with E-state index < -0.39 is 5.97 Å². The summed E-state index contributed by atoms with van der Waals surface area (Å²) in [5.74, 6) is 0.258. The Kier molecular flexibility index (Phi) is 5.85. The Balaban J connectivity index is 1.89. The van der Waals surface area contributed by atoms with Gasteiger partial charge in [0, 0.05) is 0 Å². The van der Waals surface area contributed by atoms with Gasteiger partial charge < -0.3 is 10.6 Å². The highest BCUT2D eigenvalue weighted by Gasteiger charge is 2.15. The Bertz CT molecular complexity index is 672. The monoisotopic (exact) mass is 348 g/mol. The lowest BCUT2D eigenvalue weighted by Crippen LogP contribution is -2.16. The molecule has 1 aromatic carbocycles. The lowest BCUT2D eigenvalue weighted by molar-refractivity contribution is 0.0515. The molecule has 2 N–H and O–H groups in total. The van der Waals surface area contributed by atoms with E-state index in [1.165, 1.54) is 0 Å². The highest BCUT2D eigenvalue weighted by molar-refractivity contribution is 8.01. The van der Waals surface area contributed by atoms with E-state index in [-0.39, 0.29) is 11.3 Å². The van der Waals surface area contributed by atoms with Crippen LogP contribution in [-0.2, 0) is 10.3 Å². The van der Waals surface area contributed by atoms with Crippen LogP contribution in [0.15, 0.2) is 51.1 Å². The summed E-state index contributed by atoms with van der Waals surface area (Å²) in [5, 5.41) is 5.70. The first-order valence-corrected chi connectivity index (χ1v) is 9.03. The second-order valence-electron chi connectivity index (χ2n) is 6.01. The van der Waals surface area contributed by atoms with Crippen LogP contribution >= 0.6 is 23.1 Å². The number of nitrogens with two attached hydrogens (primary N) is 1. The van der Waals surface area contributed by atoms with Crippen molar-refractivity contribution in [1.82, 2.24) is 0 Å². The van der Waals surface area contributed by atoms with Crippen LogP contribution in [0.25, 0.3) is 0 Å². The molecule has 0 bridgehead atoms. The average molecular weight is 348 g/mol. The van der Waals surface area contributed by atoms with E-state index in [0.717, 1.165) is 9.77 Å². The van der Waals surface area contributed by atoms with Crippen LogP contribution in [0.5, 0.6) is 0 Å². The molecular weight excluding hydrogens is 328 g/mol. The Labute approximate surface area is 144 Å². The van der Waals surface area contributed by atoms with Crippen molar-refractivity contribution < 1.29 is 9.63 Å². The topological polar surface area (TPSA) is 64.7 Å². The normalized spacial score (nSPS) is 12.2. The van der Waals surface area contributed by atoms with Gasteiger partial charge in [-0.15, -0.1) is 23.1 Å². The number of thioether (sulfide) groups is 1. The number of rotatable bonds is 5. The molecule has 1 heterocycles. The lowest BCUT2D eigenvalue weighted by atomic mass is 9.87. The summed E-state index contributed by atoms with van der Waals surface area (Å²) in [6.07, 6.45) is 0. The predicted molar refractivity (Wildman–Crippen MR) is 97.2 cm³/mol. The molecule has 2 rings (SSSR count). The molecule has 0 atom stereocenters. The van der Waals surface area contributed by atoms with Crippen LogP contribution in [0.4, 0.5) is 0 Å². The minimum absolute atomic E-state index is 0.0457. The van der Waals surface area contributed by atoms with E-state index in [9.17, 15) is 4.79 Å². The maximum Gasteiger partial charge on any atom is 0.365 e. The zero-order valence-electron chi connectivity index (χ0n) is 13.4. The first-order chi connectivity index (χ1) is 10.9.